The van der Waals surface area contributed by atoms with Gasteiger partial charge in [0.2, 0.25) is 0 Å². The van der Waals surface area contributed by atoms with Crippen molar-refractivity contribution < 1.29 is 5.11 Å². The minimum atomic E-state index is -0.659. The summed E-state index contributed by atoms with van der Waals surface area (Å²) in [7, 11) is 1.85. The van der Waals surface area contributed by atoms with Crippen LogP contribution in [0.2, 0.25) is 5.15 Å². The Labute approximate surface area is 127 Å². The summed E-state index contributed by atoms with van der Waals surface area (Å²) >= 11 is 6.35. The number of hydrogen-bond donors (Lipinski definition) is 1. The van der Waals surface area contributed by atoms with Gasteiger partial charge in [-0.2, -0.15) is 5.10 Å². The van der Waals surface area contributed by atoms with Gasteiger partial charge in [0.1, 0.15) is 5.15 Å². The van der Waals surface area contributed by atoms with E-state index in [1.54, 1.807) is 4.68 Å². The third-order valence-corrected chi connectivity index (χ3v) is 5.27. The van der Waals surface area contributed by atoms with Crippen molar-refractivity contribution in [3.8, 4) is 0 Å². The zero-order valence-corrected chi connectivity index (χ0v) is 14.1. The van der Waals surface area contributed by atoms with Crippen LogP contribution in [0.4, 0.5) is 0 Å². The molecule has 1 saturated carbocycles. The normalized spacial score (nSPS) is 27.9. The maximum absolute atomic E-state index is 11.3. The molecule has 2 atom stereocenters. The lowest BCUT2D eigenvalue weighted by atomic mass is 9.62. The third-order valence-electron chi connectivity index (χ3n) is 4.80. The second-order valence-corrected chi connectivity index (χ2v) is 7.78. The predicted octanol–water partition coefficient (Wildman–Crippen LogP) is 3.89. The molecule has 1 aliphatic carbocycles. The molecule has 0 aromatic carbocycles. The first-order valence-corrected chi connectivity index (χ1v) is 7.93. The summed E-state index contributed by atoms with van der Waals surface area (Å²) in [5.41, 5.74) is 1.39. The van der Waals surface area contributed by atoms with Crippen LogP contribution in [0.5, 0.6) is 0 Å². The van der Waals surface area contributed by atoms with Gasteiger partial charge in [-0.25, -0.2) is 0 Å². The lowest BCUT2D eigenvalue weighted by Crippen LogP contribution is -2.48. The van der Waals surface area contributed by atoms with Crippen LogP contribution < -0.4 is 0 Å². The molecule has 4 heteroatoms. The van der Waals surface area contributed by atoms with Crippen molar-refractivity contribution in [1.29, 1.82) is 0 Å². The largest absolute Gasteiger partial charge is 0.389 e. The molecule has 0 amide bonds. The summed E-state index contributed by atoms with van der Waals surface area (Å²) in [4.78, 5) is 0. The maximum atomic E-state index is 11.3. The predicted molar refractivity (Wildman–Crippen MR) is 83.0 cm³/mol. The second kappa shape index (κ2) is 5.34. The number of aliphatic hydroxyl groups is 1. The van der Waals surface area contributed by atoms with E-state index in [9.17, 15) is 5.11 Å². The summed E-state index contributed by atoms with van der Waals surface area (Å²) in [6, 6.07) is 0. The molecule has 0 saturated heterocycles. The van der Waals surface area contributed by atoms with E-state index in [4.69, 9.17) is 11.6 Å². The quantitative estimate of drug-likeness (QED) is 0.899. The molecule has 1 heterocycles. The Hall–Kier alpha value is -0.540. The van der Waals surface area contributed by atoms with E-state index in [0.717, 1.165) is 30.5 Å². The number of nitrogens with zero attached hydrogens (tertiary/aromatic N) is 2. The first kappa shape index (κ1) is 15.8. The molecule has 114 valence electrons. The molecular weight excluding hydrogens is 272 g/mol. The van der Waals surface area contributed by atoms with E-state index in [1.165, 1.54) is 6.42 Å². The highest BCUT2D eigenvalue weighted by molar-refractivity contribution is 6.30. The Morgan fingerprint density at radius 2 is 2.05 bits per heavy atom. The minimum absolute atomic E-state index is 0.109. The molecule has 3 nitrogen and oxygen atoms in total. The van der Waals surface area contributed by atoms with Crippen molar-refractivity contribution in [2.24, 2.45) is 18.4 Å². The molecule has 0 radical (unpaired) electrons. The van der Waals surface area contributed by atoms with Crippen molar-refractivity contribution in [2.75, 3.05) is 0 Å². The van der Waals surface area contributed by atoms with Gasteiger partial charge in [-0.05, 0) is 31.1 Å². The van der Waals surface area contributed by atoms with Crippen molar-refractivity contribution in [3.63, 3.8) is 0 Å². The number of aromatic nitrogens is 2. The molecular formula is C16H27ClN2O. The van der Waals surface area contributed by atoms with E-state index in [1.807, 2.05) is 14.0 Å². The summed E-state index contributed by atoms with van der Waals surface area (Å²) < 4.78 is 1.70. The topological polar surface area (TPSA) is 38.0 Å². The van der Waals surface area contributed by atoms with Gasteiger partial charge in [-0.15, -0.1) is 0 Å². The van der Waals surface area contributed by atoms with Gasteiger partial charge in [0.25, 0.3) is 0 Å². The molecule has 1 N–H and O–H groups in total. The average molecular weight is 299 g/mol. The highest BCUT2D eigenvalue weighted by Gasteiger charge is 2.45. The van der Waals surface area contributed by atoms with Crippen molar-refractivity contribution in [3.05, 3.63) is 16.4 Å². The van der Waals surface area contributed by atoms with Crippen LogP contribution in [0.3, 0.4) is 0 Å². The molecule has 0 aliphatic heterocycles. The average Bonchev–Trinajstić information content (AvgIpc) is 2.55. The monoisotopic (exact) mass is 298 g/mol. The van der Waals surface area contributed by atoms with Crippen LogP contribution in [-0.4, -0.2) is 20.5 Å². The van der Waals surface area contributed by atoms with Crippen molar-refractivity contribution in [2.45, 2.75) is 65.4 Å². The Bertz CT molecular complexity index is 489. The van der Waals surface area contributed by atoms with Gasteiger partial charge < -0.3 is 5.11 Å². The van der Waals surface area contributed by atoms with E-state index in [2.05, 4.69) is 25.9 Å². The lowest BCUT2D eigenvalue weighted by Gasteiger charge is -2.47. The molecule has 2 unspecified atom stereocenters. The van der Waals surface area contributed by atoms with Crippen LogP contribution in [0.1, 0.15) is 57.7 Å². The highest BCUT2D eigenvalue weighted by Crippen LogP contribution is 2.46. The molecule has 1 aromatic rings. The maximum Gasteiger partial charge on any atom is 0.130 e. The second-order valence-electron chi connectivity index (χ2n) is 7.42. The molecule has 0 spiro atoms. The summed E-state index contributed by atoms with van der Waals surface area (Å²) in [5, 5.41) is 16.3. The Morgan fingerprint density at radius 1 is 1.40 bits per heavy atom. The zero-order chi connectivity index (χ0) is 15.1. The Morgan fingerprint density at radius 3 is 2.55 bits per heavy atom. The molecule has 0 bridgehead atoms. The molecule has 1 fully saturated rings. The van der Waals surface area contributed by atoms with Crippen molar-refractivity contribution >= 4 is 11.6 Å². The molecule has 20 heavy (non-hydrogen) atoms. The fourth-order valence-corrected chi connectivity index (χ4v) is 4.10. The first-order valence-electron chi connectivity index (χ1n) is 7.55. The number of aryl methyl sites for hydroxylation is 2. The number of rotatable bonds is 2. The third kappa shape index (κ3) is 2.89. The number of halogens is 1. The fraction of sp³-hybridized carbons (Fsp3) is 0.812. The fourth-order valence-electron chi connectivity index (χ4n) is 3.85. The molecule has 1 aromatic heterocycles. The van der Waals surface area contributed by atoms with Crippen LogP contribution in [0, 0.1) is 18.3 Å². The smallest absolute Gasteiger partial charge is 0.130 e. The van der Waals surface area contributed by atoms with Gasteiger partial charge in [-0.1, -0.05) is 45.2 Å². The first-order chi connectivity index (χ1) is 9.15. The Kier molecular flexibility index (Phi) is 4.23. The van der Waals surface area contributed by atoms with E-state index >= 15 is 0 Å². The lowest BCUT2D eigenvalue weighted by molar-refractivity contribution is -0.0890. The van der Waals surface area contributed by atoms with Gasteiger partial charge in [-0.3, -0.25) is 4.68 Å². The minimum Gasteiger partial charge on any atom is -0.389 e. The van der Waals surface area contributed by atoms with Crippen LogP contribution in [0.15, 0.2) is 0 Å². The van der Waals surface area contributed by atoms with Crippen LogP contribution >= 0.6 is 11.6 Å². The summed E-state index contributed by atoms with van der Waals surface area (Å²) in [6.07, 6.45) is 4.88. The van der Waals surface area contributed by atoms with Gasteiger partial charge in [0.05, 0.1) is 11.3 Å². The van der Waals surface area contributed by atoms with Crippen LogP contribution in [-0.2, 0) is 13.5 Å². The molecule has 1 aliphatic rings. The number of hydrogen-bond acceptors (Lipinski definition) is 2. The van der Waals surface area contributed by atoms with E-state index in [-0.39, 0.29) is 5.41 Å². The highest BCUT2D eigenvalue weighted by atomic mass is 35.5. The van der Waals surface area contributed by atoms with Gasteiger partial charge >= 0.3 is 0 Å². The van der Waals surface area contributed by atoms with Crippen molar-refractivity contribution in [1.82, 2.24) is 9.78 Å². The summed E-state index contributed by atoms with van der Waals surface area (Å²) in [6.45, 7) is 8.66. The van der Waals surface area contributed by atoms with Crippen LogP contribution in [0.25, 0.3) is 0 Å². The summed E-state index contributed by atoms with van der Waals surface area (Å²) in [5.74, 6) is 0.305. The zero-order valence-electron chi connectivity index (χ0n) is 13.3. The van der Waals surface area contributed by atoms with Gasteiger partial charge in [0, 0.05) is 19.0 Å². The SMILES string of the molecule is Cc1nn(C)c(Cl)c1CC1(O)CCCCC1C(C)(C)C. The van der Waals surface area contributed by atoms with E-state index < -0.39 is 5.60 Å². The molecule has 2 rings (SSSR count). The van der Waals surface area contributed by atoms with Gasteiger partial charge in [0.15, 0.2) is 0 Å². The van der Waals surface area contributed by atoms with E-state index in [0.29, 0.717) is 17.5 Å². The Balaban J connectivity index is 2.33. The standard InChI is InChI=1S/C16H27ClN2O/c1-11-12(14(17)19(5)18-11)10-16(20)9-7-6-8-13(16)15(2,3)4/h13,20H,6-10H2,1-5H3.